The van der Waals surface area contributed by atoms with E-state index >= 15 is 0 Å². The maximum absolute atomic E-state index is 13.1. The van der Waals surface area contributed by atoms with Gasteiger partial charge in [0.05, 0.1) is 12.5 Å². The molecule has 41 heavy (non-hydrogen) atoms. The summed E-state index contributed by atoms with van der Waals surface area (Å²) in [6, 6.07) is 0.0217. The molecule has 17 nitrogen and oxygen atoms in total. The zero-order valence-corrected chi connectivity index (χ0v) is 22.2. The highest BCUT2D eigenvalue weighted by molar-refractivity contribution is 5.96. The minimum atomic E-state index is -1.62. The molecule has 0 saturated heterocycles. The van der Waals surface area contributed by atoms with Crippen LogP contribution in [0, 0.1) is 0 Å². The molecule has 0 spiro atoms. The topological polar surface area (TPSA) is 321 Å². The van der Waals surface area contributed by atoms with E-state index in [2.05, 4.69) is 20.9 Å². The molecule has 1 aromatic carbocycles. The number of nitrogens with zero attached hydrogens (tertiary/aromatic N) is 1. The average molecular weight is 580 g/mol. The molecule has 0 bridgehead atoms. The molecule has 1 rings (SSSR count). The SMILES string of the molecule is NC(=O)CCC(NC(=O)C(N)CCCN=C(N)N)C(=O)NC(CC(N)=O)C(=O)NC(Cc1ccc(O)cc1)C(=O)O. The van der Waals surface area contributed by atoms with Crippen LogP contribution in [0.4, 0.5) is 0 Å². The van der Waals surface area contributed by atoms with E-state index in [4.69, 9.17) is 28.7 Å². The number of nitrogens with one attached hydrogen (secondary N) is 3. The second-order valence-electron chi connectivity index (χ2n) is 9.12. The van der Waals surface area contributed by atoms with Gasteiger partial charge in [0.2, 0.25) is 29.5 Å². The minimum absolute atomic E-state index is 0.0428. The van der Waals surface area contributed by atoms with E-state index in [1.54, 1.807) is 0 Å². The van der Waals surface area contributed by atoms with Crippen molar-refractivity contribution in [2.75, 3.05) is 6.54 Å². The molecule has 0 aromatic heterocycles. The van der Waals surface area contributed by atoms with Gasteiger partial charge in [-0.25, -0.2) is 4.79 Å². The number of amides is 5. The summed E-state index contributed by atoms with van der Waals surface area (Å²) < 4.78 is 0. The molecular weight excluding hydrogens is 542 g/mol. The number of aromatic hydroxyl groups is 1. The van der Waals surface area contributed by atoms with Crippen molar-refractivity contribution < 1.29 is 39.0 Å². The summed E-state index contributed by atoms with van der Waals surface area (Å²) in [4.78, 5) is 77.1. The third-order valence-electron chi connectivity index (χ3n) is 5.65. The number of guanidine groups is 1. The van der Waals surface area contributed by atoms with Gasteiger partial charge >= 0.3 is 5.97 Å². The standard InChI is InChI=1S/C24H37N9O8/c25-14(2-1-9-30-24(28)29)20(37)31-15(7-8-18(26)35)21(38)32-16(11-19(27)36)22(39)33-17(23(40)41)10-12-3-5-13(34)6-4-12/h3-6,14-17,34H,1-2,7-11,25H2,(H2,26,35)(H2,27,36)(H,31,37)(H,32,38)(H,33,39)(H,40,41)(H4,28,29,30). The lowest BCUT2D eigenvalue weighted by Gasteiger charge is -2.24. The smallest absolute Gasteiger partial charge is 0.326 e. The van der Waals surface area contributed by atoms with Crippen LogP contribution in [-0.4, -0.2) is 82.4 Å². The predicted octanol–water partition coefficient (Wildman–Crippen LogP) is -4.00. The molecule has 0 aliphatic heterocycles. The number of hydrogen-bond donors (Lipinski definition) is 10. The molecule has 1 aromatic rings. The minimum Gasteiger partial charge on any atom is -0.508 e. The first-order chi connectivity index (χ1) is 19.2. The third kappa shape index (κ3) is 13.6. The lowest BCUT2D eigenvalue weighted by molar-refractivity contribution is -0.142. The Bertz CT molecular complexity index is 1120. The molecule has 5 amide bonds. The number of nitrogens with two attached hydrogens (primary N) is 5. The second kappa shape index (κ2) is 16.9. The van der Waals surface area contributed by atoms with Crippen LogP contribution in [0.15, 0.2) is 29.3 Å². The molecule has 0 aliphatic carbocycles. The van der Waals surface area contributed by atoms with Gasteiger partial charge in [0.25, 0.3) is 0 Å². The molecule has 4 unspecified atom stereocenters. The third-order valence-corrected chi connectivity index (χ3v) is 5.65. The fraction of sp³-hybridized carbons (Fsp3) is 0.458. The van der Waals surface area contributed by atoms with Gasteiger partial charge in [-0.05, 0) is 37.0 Å². The number of primary amides is 2. The highest BCUT2D eigenvalue weighted by atomic mass is 16.4. The van der Waals surface area contributed by atoms with Crippen molar-refractivity contribution in [3.8, 4) is 5.75 Å². The fourth-order valence-corrected chi connectivity index (χ4v) is 3.51. The van der Waals surface area contributed by atoms with Crippen molar-refractivity contribution >= 4 is 41.5 Å². The molecule has 0 saturated carbocycles. The number of aliphatic carboxylic acids is 1. The Morgan fingerprint density at radius 2 is 1.34 bits per heavy atom. The Morgan fingerprint density at radius 3 is 1.88 bits per heavy atom. The van der Waals surface area contributed by atoms with Crippen molar-refractivity contribution in [2.24, 2.45) is 33.7 Å². The molecule has 17 heteroatoms. The summed E-state index contributed by atoms with van der Waals surface area (Å²) in [5.41, 5.74) is 27.2. The van der Waals surface area contributed by atoms with E-state index < -0.39 is 66.1 Å². The maximum Gasteiger partial charge on any atom is 0.326 e. The predicted molar refractivity (Wildman–Crippen MR) is 145 cm³/mol. The molecule has 0 heterocycles. The quantitative estimate of drug-likeness (QED) is 0.0453. The first kappa shape index (κ1) is 34.1. The lowest BCUT2D eigenvalue weighted by Crippen LogP contribution is -2.58. The van der Waals surface area contributed by atoms with E-state index in [9.17, 15) is 39.0 Å². The first-order valence-electron chi connectivity index (χ1n) is 12.5. The van der Waals surface area contributed by atoms with Gasteiger partial charge in [-0.3, -0.25) is 29.0 Å². The van der Waals surface area contributed by atoms with Crippen LogP contribution >= 0.6 is 0 Å². The Morgan fingerprint density at radius 1 is 0.780 bits per heavy atom. The Labute approximate surface area is 235 Å². The number of hydrogen-bond acceptors (Lipinski definition) is 9. The highest BCUT2D eigenvalue weighted by Crippen LogP contribution is 2.12. The van der Waals surface area contributed by atoms with Crippen molar-refractivity contribution in [2.45, 2.75) is 62.7 Å². The van der Waals surface area contributed by atoms with Gasteiger partial charge in [-0.15, -0.1) is 0 Å². The summed E-state index contributed by atoms with van der Waals surface area (Å²) in [6.07, 6.45) is -0.978. The molecule has 0 fully saturated rings. The monoisotopic (exact) mass is 579 g/mol. The summed E-state index contributed by atoms with van der Waals surface area (Å²) in [5.74, 6) is -6.11. The molecular formula is C24H37N9O8. The van der Waals surface area contributed by atoms with Crippen molar-refractivity contribution in [3.05, 3.63) is 29.8 Å². The van der Waals surface area contributed by atoms with E-state index in [1.807, 2.05) is 0 Å². The molecule has 4 atom stereocenters. The van der Waals surface area contributed by atoms with Crippen LogP contribution in [0.5, 0.6) is 5.75 Å². The Balaban J connectivity index is 3.00. The van der Waals surface area contributed by atoms with E-state index in [0.717, 1.165) is 0 Å². The zero-order chi connectivity index (χ0) is 31.1. The number of benzene rings is 1. The Hall–Kier alpha value is -4.93. The summed E-state index contributed by atoms with van der Waals surface area (Å²) >= 11 is 0. The number of carbonyl (C=O) groups excluding carboxylic acids is 5. The van der Waals surface area contributed by atoms with Crippen molar-refractivity contribution in [1.29, 1.82) is 0 Å². The van der Waals surface area contributed by atoms with E-state index in [1.165, 1.54) is 24.3 Å². The van der Waals surface area contributed by atoms with Crippen molar-refractivity contribution in [1.82, 2.24) is 16.0 Å². The van der Waals surface area contributed by atoms with Gasteiger partial charge < -0.3 is 54.8 Å². The highest BCUT2D eigenvalue weighted by Gasteiger charge is 2.31. The summed E-state index contributed by atoms with van der Waals surface area (Å²) in [6.45, 7) is 0.211. The number of rotatable bonds is 18. The Kier molecular flexibility index (Phi) is 14.1. The number of carboxylic acid groups (broad SMARTS) is 1. The number of carboxylic acids is 1. The largest absolute Gasteiger partial charge is 0.508 e. The number of carbonyl (C=O) groups is 6. The van der Waals surface area contributed by atoms with Crippen LogP contribution < -0.4 is 44.6 Å². The molecule has 0 aliphatic rings. The van der Waals surface area contributed by atoms with Crippen LogP contribution in [0.1, 0.15) is 37.7 Å². The fourth-order valence-electron chi connectivity index (χ4n) is 3.51. The normalized spacial score (nSPS) is 13.5. The van der Waals surface area contributed by atoms with E-state index in [-0.39, 0.29) is 43.9 Å². The van der Waals surface area contributed by atoms with E-state index in [0.29, 0.717) is 12.0 Å². The molecule has 0 radical (unpaired) electrons. The van der Waals surface area contributed by atoms with Gasteiger partial charge in [0.1, 0.15) is 23.9 Å². The number of phenols is 1. The van der Waals surface area contributed by atoms with Gasteiger partial charge in [0, 0.05) is 19.4 Å². The first-order valence-corrected chi connectivity index (χ1v) is 12.5. The van der Waals surface area contributed by atoms with Crippen LogP contribution in [0.2, 0.25) is 0 Å². The number of aliphatic imine (C=N–C) groups is 1. The van der Waals surface area contributed by atoms with Crippen LogP contribution in [0.3, 0.4) is 0 Å². The van der Waals surface area contributed by atoms with Crippen LogP contribution in [0.25, 0.3) is 0 Å². The van der Waals surface area contributed by atoms with Crippen molar-refractivity contribution in [3.63, 3.8) is 0 Å². The van der Waals surface area contributed by atoms with Gasteiger partial charge in [0.15, 0.2) is 5.96 Å². The second-order valence-corrected chi connectivity index (χ2v) is 9.12. The number of phenolic OH excluding ortho intramolecular Hbond substituents is 1. The van der Waals surface area contributed by atoms with Crippen LogP contribution in [-0.2, 0) is 35.2 Å². The zero-order valence-electron chi connectivity index (χ0n) is 22.2. The molecule has 226 valence electrons. The summed E-state index contributed by atoms with van der Waals surface area (Å²) in [5, 5.41) is 25.9. The van der Waals surface area contributed by atoms with Gasteiger partial charge in [-0.1, -0.05) is 12.1 Å². The van der Waals surface area contributed by atoms with Gasteiger partial charge in [-0.2, -0.15) is 0 Å². The molecule has 15 N–H and O–H groups in total. The lowest BCUT2D eigenvalue weighted by atomic mass is 10.0. The maximum atomic E-state index is 13.1. The summed E-state index contributed by atoms with van der Waals surface area (Å²) in [7, 11) is 0. The average Bonchev–Trinajstić information content (AvgIpc) is 2.88.